The number of aryl methyl sites for hydroxylation is 1. The molecule has 0 spiro atoms. The Balaban J connectivity index is 2.12. The first-order valence-electron chi connectivity index (χ1n) is 5.84. The Hall–Kier alpha value is -2.20. The van der Waals surface area contributed by atoms with E-state index in [2.05, 4.69) is 9.97 Å². The molecule has 4 nitrogen and oxygen atoms in total. The fourth-order valence-corrected chi connectivity index (χ4v) is 2.15. The number of nitrogens with two attached hydrogens (primary N) is 1. The van der Waals surface area contributed by atoms with Crippen LogP contribution in [0.4, 0.5) is 0 Å². The summed E-state index contributed by atoms with van der Waals surface area (Å²) in [5.41, 5.74) is 9.28. The number of hydrogen-bond acceptors (Lipinski definition) is 3. The minimum absolute atomic E-state index is 0.254. The summed E-state index contributed by atoms with van der Waals surface area (Å²) >= 11 is 0. The molecule has 4 heteroatoms. The molecule has 2 aromatic heterocycles. The number of imidazole rings is 1. The fourth-order valence-electron chi connectivity index (χ4n) is 2.15. The van der Waals surface area contributed by atoms with Gasteiger partial charge in [0.05, 0.1) is 17.1 Å². The summed E-state index contributed by atoms with van der Waals surface area (Å²) in [4.78, 5) is 8.70. The molecule has 0 bridgehead atoms. The van der Waals surface area contributed by atoms with Crippen molar-refractivity contribution >= 4 is 11.0 Å². The van der Waals surface area contributed by atoms with Crippen molar-refractivity contribution in [3.8, 4) is 0 Å². The van der Waals surface area contributed by atoms with Gasteiger partial charge in [-0.3, -0.25) is 4.98 Å². The number of aromatic nitrogens is 3. The highest BCUT2D eigenvalue weighted by atomic mass is 15.1. The number of nitrogens with zero attached hydrogens (tertiary/aromatic N) is 3. The van der Waals surface area contributed by atoms with Gasteiger partial charge < -0.3 is 10.3 Å². The Morgan fingerprint density at radius 1 is 1.17 bits per heavy atom. The third kappa shape index (κ3) is 1.67. The molecule has 90 valence electrons. The first kappa shape index (κ1) is 10.9. The van der Waals surface area contributed by atoms with E-state index < -0.39 is 0 Å². The van der Waals surface area contributed by atoms with Crippen LogP contribution in [0.5, 0.6) is 0 Å². The lowest BCUT2D eigenvalue weighted by molar-refractivity contribution is 0.726. The van der Waals surface area contributed by atoms with E-state index >= 15 is 0 Å². The van der Waals surface area contributed by atoms with Gasteiger partial charge in [0, 0.05) is 19.4 Å². The molecule has 0 saturated carbocycles. The van der Waals surface area contributed by atoms with Gasteiger partial charge in [-0.15, -0.1) is 0 Å². The molecule has 18 heavy (non-hydrogen) atoms. The second kappa shape index (κ2) is 4.23. The highest BCUT2D eigenvalue weighted by molar-refractivity contribution is 5.76. The molecule has 0 aliphatic carbocycles. The van der Waals surface area contributed by atoms with Gasteiger partial charge in [0.1, 0.15) is 5.82 Å². The van der Waals surface area contributed by atoms with E-state index in [4.69, 9.17) is 5.73 Å². The highest BCUT2D eigenvalue weighted by Crippen LogP contribution is 2.22. The van der Waals surface area contributed by atoms with Crippen LogP contribution >= 0.6 is 0 Å². The molecule has 1 aromatic carbocycles. The smallest absolute Gasteiger partial charge is 0.131 e. The van der Waals surface area contributed by atoms with Crippen molar-refractivity contribution in [2.75, 3.05) is 0 Å². The van der Waals surface area contributed by atoms with Crippen LogP contribution in [0, 0.1) is 0 Å². The van der Waals surface area contributed by atoms with Gasteiger partial charge in [0.2, 0.25) is 0 Å². The summed E-state index contributed by atoms with van der Waals surface area (Å²) in [5, 5.41) is 0. The van der Waals surface area contributed by atoms with Crippen LogP contribution in [-0.4, -0.2) is 14.5 Å². The second-order valence-electron chi connectivity index (χ2n) is 4.28. The molecule has 2 N–H and O–H groups in total. The molecule has 0 aliphatic heterocycles. The van der Waals surface area contributed by atoms with Gasteiger partial charge in [0.25, 0.3) is 0 Å². The number of fused-ring (bicyclic) bond motifs is 1. The lowest BCUT2D eigenvalue weighted by Gasteiger charge is -2.11. The van der Waals surface area contributed by atoms with Crippen LogP contribution in [0.3, 0.4) is 0 Å². The fraction of sp³-hybridized carbons (Fsp3) is 0.143. The second-order valence-corrected chi connectivity index (χ2v) is 4.28. The van der Waals surface area contributed by atoms with Gasteiger partial charge in [-0.25, -0.2) is 4.98 Å². The Morgan fingerprint density at radius 2 is 2.00 bits per heavy atom. The van der Waals surface area contributed by atoms with E-state index in [0.29, 0.717) is 0 Å². The van der Waals surface area contributed by atoms with Crippen LogP contribution in [0.2, 0.25) is 0 Å². The first-order chi connectivity index (χ1) is 8.77. The molecule has 0 aliphatic rings. The molecule has 0 saturated heterocycles. The van der Waals surface area contributed by atoms with Crippen molar-refractivity contribution in [2.45, 2.75) is 6.04 Å². The lowest BCUT2D eigenvalue weighted by atomic mass is 10.1. The van der Waals surface area contributed by atoms with Crippen LogP contribution in [0.15, 0.2) is 48.8 Å². The predicted octanol–water partition coefficient (Wildman–Crippen LogP) is 2.02. The number of rotatable bonds is 2. The Morgan fingerprint density at radius 3 is 2.72 bits per heavy atom. The van der Waals surface area contributed by atoms with Crippen LogP contribution in [-0.2, 0) is 7.05 Å². The largest absolute Gasteiger partial charge is 0.330 e. The average Bonchev–Trinajstić information content (AvgIpc) is 2.77. The first-order valence-corrected chi connectivity index (χ1v) is 5.84. The maximum Gasteiger partial charge on any atom is 0.131 e. The van der Waals surface area contributed by atoms with Crippen molar-refractivity contribution < 1.29 is 0 Å². The summed E-state index contributed by atoms with van der Waals surface area (Å²) in [6, 6.07) is 11.6. The molecule has 1 atom stereocenters. The van der Waals surface area contributed by atoms with Crippen molar-refractivity contribution in [1.29, 1.82) is 0 Å². The molecule has 3 aromatic rings. The maximum atomic E-state index is 6.26. The highest BCUT2D eigenvalue weighted by Gasteiger charge is 2.16. The van der Waals surface area contributed by atoms with Crippen LogP contribution < -0.4 is 5.73 Å². The van der Waals surface area contributed by atoms with E-state index in [9.17, 15) is 0 Å². The monoisotopic (exact) mass is 238 g/mol. The van der Waals surface area contributed by atoms with Gasteiger partial charge in [-0.05, 0) is 23.8 Å². The van der Waals surface area contributed by atoms with E-state index in [1.165, 1.54) is 0 Å². The van der Waals surface area contributed by atoms with E-state index in [0.717, 1.165) is 22.4 Å². The van der Waals surface area contributed by atoms with Gasteiger partial charge in [-0.2, -0.15) is 0 Å². The zero-order valence-corrected chi connectivity index (χ0v) is 10.1. The molecule has 0 radical (unpaired) electrons. The van der Waals surface area contributed by atoms with E-state index in [1.807, 2.05) is 48.0 Å². The normalized spacial score (nSPS) is 12.8. The van der Waals surface area contributed by atoms with Gasteiger partial charge in [0.15, 0.2) is 0 Å². The molecule has 3 rings (SSSR count). The molecular weight excluding hydrogens is 224 g/mol. The summed E-state index contributed by atoms with van der Waals surface area (Å²) in [6.45, 7) is 0. The number of benzene rings is 1. The van der Waals surface area contributed by atoms with E-state index in [1.54, 1.807) is 12.4 Å². The Bertz CT molecular complexity index is 673. The molecule has 1 unspecified atom stereocenters. The zero-order valence-electron chi connectivity index (χ0n) is 10.1. The number of hydrogen-bond donors (Lipinski definition) is 1. The summed E-state index contributed by atoms with van der Waals surface area (Å²) < 4.78 is 2.03. The third-order valence-electron chi connectivity index (χ3n) is 3.14. The minimum Gasteiger partial charge on any atom is -0.330 e. The van der Waals surface area contributed by atoms with Gasteiger partial charge in [-0.1, -0.05) is 18.2 Å². The van der Waals surface area contributed by atoms with Crippen LogP contribution in [0.1, 0.15) is 17.4 Å². The van der Waals surface area contributed by atoms with Crippen molar-refractivity contribution in [3.05, 3.63) is 60.2 Å². The average molecular weight is 238 g/mol. The molecule has 0 fully saturated rings. The zero-order chi connectivity index (χ0) is 12.5. The minimum atomic E-state index is -0.254. The third-order valence-corrected chi connectivity index (χ3v) is 3.14. The van der Waals surface area contributed by atoms with Crippen molar-refractivity contribution in [3.63, 3.8) is 0 Å². The number of pyridine rings is 1. The Kier molecular flexibility index (Phi) is 2.57. The van der Waals surface area contributed by atoms with Crippen LogP contribution in [0.25, 0.3) is 11.0 Å². The lowest BCUT2D eigenvalue weighted by Crippen LogP contribution is -2.16. The summed E-state index contributed by atoms with van der Waals surface area (Å²) in [7, 11) is 1.99. The summed E-state index contributed by atoms with van der Waals surface area (Å²) in [5.74, 6) is 0.851. The van der Waals surface area contributed by atoms with Crippen molar-refractivity contribution in [1.82, 2.24) is 14.5 Å². The number of para-hydroxylation sites is 2. The maximum absolute atomic E-state index is 6.26. The SMILES string of the molecule is Cn1c(C(N)c2cccnc2)nc2ccccc21. The van der Waals surface area contributed by atoms with E-state index in [-0.39, 0.29) is 6.04 Å². The Labute approximate surface area is 105 Å². The summed E-state index contributed by atoms with van der Waals surface area (Å²) in [6.07, 6.45) is 3.52. The quantitative estimate of drug-likeness (QED) is 0.743. The topological polar surface area (TPSA) is 56.7 Å². The molecular formula is C14H14N4. The predicted molar refractivity (Wildman–Crippen MR) is 71.0 cm³/mol. The molecule has 0 amide bonds. The van der Waals surface area contributed by atoms with Crippen molar-refractivity contribution in [2.24, 2.45) is 12.8 Å². The standard InChI is InChI=1S/C14H14N4/c1-18-12-7-3-2-6-11(12)17-14(18)13(15)10-5-4-8-16-9-10/h2-9,13H,15H2,1H3. The van der Waals surface area contributed by atoms with Gasteiger partial charge >= 0.3 is 0 Å². The molecule has 2 heterocycles.